The molecule has 0 fully saturated rings. The second-order valence-electron chi connectivity index (χ2n) is 12.9. The Balaban J connectivity index is 1.24. The average molecular weight is 670 g/mol. The molecule has 0 aliphatic heterocycles. The number of benzene rings is 7. The van der Waals surface area contributed by atoms with Gasteiger partial charge in [0.15, 0.2) is 11.6 Å². The third-order valence-corrected chi connectivity index (χ3v) is 11.1. The molecule has 238 valence electrons. The van der Waals surface area contributed by atoms with Gasteiger partial charge in [0.2, 0.25) is 5.95 Å². The Kier molecular flexibility index (Phi) is 6.05. The van der Waals surface area contributed by atoms with Gasteiger partial charge in [0, 0.05) is 58.5 Å². The minimum atomic E-state index is 0.594. The van der Waals surface area contributed by atoms with Crippen molar-refractivity contribution in [2.45, 2.75) is 0 Å². The number of rotatable bonds is 4. The van der Waals surface area contributed by atoms with Gasteiger partial charge in [0.1, 0.15) is 0 Å². The second kappa shape index (κ2) is 10.9. The zero-order valence-electron chi connectivity index (χ0n) is 27.2. The van der Waals surface area contributed by atoms with Crippen LogP contribution in [0.1, 0.15) is 0 Å². The van der Waals surface area contributed by atoms with Gasteiger partial charge in [-0.05, 0) is 42.5 Å². The number of para-hydroxylation sites is 3. The summed E-state index contributed by atoms with van der Waals surface area (Å²) in [6.07, 6.45) is 0. The topological polar surface area (TPSA) is 48.5 Å². The number of fused-ring (bicyclic) bond motifs is 10. The molecule has 6 heteroatoms. The Hall–Kier alpha value is -6.63. The molecule has 7 aromatic carbocycles. The Morgan fingerprint density at radius 3 is 1.76 bits per heavy atom. The van der Waals surface area contributed by atoms with E-state index >= 15 is 0 Å². The van der Waals surface area contributed by atoms with Crippen LogP contribution >= 0.6 is 11.3 Å². The number of hydrogen-bond acceptors (Lipinski definition) is 4. The highest BCUT2D eigenvalue weighted by molar-refractivity contribution is 7.26. The molecule has 5 nitrogen and oxygen atoms in total. The third-order valence-electron chi connectivity index (χ3n) is 9.98. The molecule has 0 aliphatic rings. The van der Waals surface area contributed by atoms with Crippen molar-refractivity contribution in [3.8, 4) is 34.4 Å². The van der Waals surface area contributed by atoms with E-state index in [1.54, 1.807) is 0 Å². The van der Waals surface area contributed by atoms with Crippen LogP contribution in [-0.4, -0.2) is 24.1 Å². The summed E-state index contributed by atoms with van der Waals surface area (Å²) in [5.74, 6) is 1.85. The zero-order chi connectivity index (χ0) is 33.5. The fourth-order valence-electron chi connectivity index (χ4n) is 7.75. The van der Waals surface area contributed by atoms with Gasteiger partial charge >= 0.3 is 0 Å². The van der Waals surface area contributed by atoms with Crippen LogP contribution in [0.15, 0.2) is 164 Å². The maximum absolute atomic E-state index is 5.34. The maximum Gasteiger partial charge on any atom is 0.238 e. The van der Waals surface area contributed by atoms with Crippen LogP contribution in [0.25, 0.3) is 98.2 Å². The van der Waals surface area contributed by atoms with E-state index in [0.29, 0.717) is 17.6 Å². The van der Waals surface area contributed by atoms with Gasteiger partial charge in [-0.2, -0.15) is 9.97 Å². The molecule has 0 saturated heterocycles. The summed E-state index contributed by atoms with van der Waals surface area (Å²) in [6.45, 7) is 0. The summed E-state index contributed by atoms with van der Waals surface area (Å²) in [6, 6.07) is 57.7. The molecular formula is C45H27N5S. The molecule has 0 unspecified atom stereocenters. The predicted octanol–water partition coefficient (Wildman–Crippen LogP) is 11.8. The first-order valence-corrected chi connectivity index (χ1v) is 17.9. The van der Waals surface area contributed by atoms with Crippen LogP contribution < -0.4 is 0 Å². The van der Waals surface area contributed by atoms with E-state index in [4.69, 9.17) is 15.0 Å². The van der Waals surface area contributed by atoms with Crippen LogP contribution in [0.5, 0.6) is 0 Å². The average Bonchev–Trinajstić information content (AvgIpc) is 3.86. The van der Waals surface area contributed by atoms with E-state index in [2.05, 4.69) is 155 Å². The van der Waals surface area contributed by atoms with Crippen molar-refractivity contribution in [2.24, 2.45) is 0 Å². The third kappa shape index (κ3) is 4.24. The van der Waals surface area contributed by atoms with Crippen LogP contribution in [0.2, 0.25) is 0 Å². The molecule has 11 rings (SSSR count). The van der Waals surface area contributed by atoms with Gasteiger partial charge in [0.25, 0.3) is 0 Å². The van der Waals surface area contributed by atoms with Gasteiger partial charge < -0.3 is 4.57 Å². The molecule has 4 heterocycles. The van der Waals surface area contributed by atoms with Gasteiger partial charge in [0.05, 0.1) is 22.1 Å². The van der Waals surface area contributed by atoms with E-state index < -0.39 is 0 Å². The highest BCUT2D eigenvalue weighted by Gasteiger charge is 2.22. The van der Waals surface area contributed by atoms with Gasteiger partial charge in [-0.25, -0.2) is 4.98 Å². The molecule has 4 aromatic heterocycles. The molecule has 0 atom stereocenters. The van der Waals surface area contributed by atoms with Crippen LogP contribution in [0, 0.1) is 0 Å². The van der Waals surface area contributed by atoms with Gasteiger partial charge in [-0.1, -0.05) is 121 Å². The Labute approximate surface area is 296 Å². The number of thiophene rings is 1. The van der Waals surface area contributed by atoms with E-state index in [1.807, 2.05) is 29.5 Å². The monoisotopic (exact) mass is 669 g/mol. The zero-order valence-corrected chi connectivity index (χ0v) is 28.0. The highest BCUT2D eigenvalue weighted by atomic mass is 32.1. The Morgan fingerprint density at radius 2 is 0.980 bits per heavy atom. The van der Waals surface area contributed by atoms with E-state index in [9.17, 15) is 0 Å². The Bertz CT molecular complexity index is 3140. The molecule has 0 aliphatic carbocycles. The first kappa shape index (κ1) is 28.2. The van der Waals surface area contributed by atoms with Crippen molar-refractivity contribution >= 4 is 75.1 Å². The largest absolute Gasteiger partial charge is 0.309 e. The van der Waals surface area contributed by atoms with Crippen molar-refractivity contribution < 1.29 is 0 Å². The normalized spacial score (nSPS) is 11.9. The molecule has 0 spiro atoms. The van der Waals surface area contributed by atoms with Crippen molar-refractivity contribution in [3.63, 3.8) is 0 Å². The number of nitrogens with zero attached hydrogens (tertiary/aromatic N) is 5. The fraction of sp³-hybridized carbons (Fsp3) is 0. The smallest absolute Gasteiger partial charge is 0.238 e. The summed E-state index contributed by atoms with van der Waals surface area (Å²) in [7, 11) is 0. The van der Waals surface area contributed by atoms with E-state index in [-0.39, 0.29) is 0 Å². The summed E-state index contributed by atoms with van der Waals surface area (Å²) in [4.78, 5) is 15.8. The molecule has 0 amide bonds. The summed E-state index contributed by atoms with van der Waals surface area (Å²) in [5, 5.41) is 7.21. The SMILES string of the molecule is c1ccc(-c2nc(-c3ccc4c5ccccc5n(-c5ccccc5)c4c3)nc(-n3c4ccccc4c4ccc5sc6ccccc6c5c43)n2)cc1. The van der Waals surface area contributed by atoms with Crippen molar-refractivity contribution in [3.05, 3.63) is 164 Å². The highest BCUT2D eigenvalue weighted by Crippen LogP contribution is 2.43. The lowest BCUT2D eigenvalue weighted by molar-refractivity contribution is 0.955. The summed E-state index contributed by atoms with van der Waals surface area (Å²) < 4.78 is 7.09. The van der Waals surface area contributed by atoms with Crippen LogP contribution in [0.4, 0.5) is 0 Å². The van der Waals surface area contributed by atoms with Crippen molar-refractivity contribution in [1.29, 1.82) is 0 Å². The molecule has 11 aromatic rings. The first-order valence-electron chi connectivity index (χ1n) is 17.0. The molecule has 0 N–H and O–H groups in total. The van der Waals surface area contributed by atoms with Crippen molar-refractivity contribution in [2.75, 3.05) is 0 Å². The van der Waals surface area contributed by atoms with Crippen LogP contribution in [-0.2, 0) is 0 Å². The predicted molar refractivity (Wildman–Crippen MR) is 212 cm³/mol. The van der Waals surface area contributed by atoms with Gasteiger partial charge in [-0.15, -0.1) is 11.3 Å². The lowest BCUT2D eigenvalue weighted by Crippen LogP contribution is -2.06. The molecule has 0 bridgehead atoms. The van der Waals surface area contributed by atoms with E-state index in [0.717, 1.165) is 38.9 Å². The minimum absolute atomic E-state index is 0.594. The number of hydrogen-bond donors (Lipinski definition) is 0. The number of aromatic nitrogens is 5. The summed E-state index contributed by atoms with van der Waals surface area (Å²) in [5.41, 5.74) is 7.41. The summed E-state index contributed by atoms with van der Waals surface area (Å²) >= 11 is 1.82. The second-order valence-corrected chi connectivity index (χ2v) is 13.9. The maximum atomic E-state index is 5.34. The Morgan fingerprint density at radius 1 is 0.392 bits per heavy atom. The minimum Gasteiger partial charge on any atom is -0.309 e. The standard InChI is InChI=1S/C45H27N5S/c1-3-13-28(14-4-1)43-46-44(29-23-24-33-31-17-7-10-20-36(31)49(38(33)27-29)30-15-5-2-6-16-30)48-45(47-43)50-37-21-11-8-18-32(37)34-25-26-40-41(42(34)50)35-19-9-12-22-39(35)51-40/h1-27H. The fourth-order valence-corrected chi connectivity index (χ4v) is 8.86. The van der Waals surface area contributed by atoms with Crippen molar-refractivity contribution in [1.82, 2.24) is 24.1 Å². The van der Waals surface area contributed by atoms with Gasteiger partial charge in [-0.3, -0.25) is 4.57 Å². The quantitative estimate of drug-likeness (QED) is 0.187. The van der Waals surface area contributed by atoms with Crippen LogP contribution in [0.3, 0.4) is 0 Å². The molecular weight excluding hydrogens is 643 g/mol. The first-order chi connectivity index (χ1) is 25.3. The molecule has 51 heavy (non-hydrogen) atoms. The molecule has 0 saturated carbocycles. The van der Waals surface area contributed by atoms with E-state index in [1.165, 1.54) is 41.7 Å². The lowest BCUT2D eigenvalue weighted by atomic mass is 10.1. The molecule has 0 radical (unpaired) electrons. The lowest BCUT2D eigenvalue weighted by Gasteiger charge is -2.12.